The van der Waals surface area contributed by atoms with Gasteiger partial charge in [-0.3, -0.25) is 14.5 Å². The van der Waals surface area contributed by atoms with Crippen molar-refractivity contribution in [3.05, 3.63) is 59.5 Å². The molecule has 0 unspecified atom stereocenters. The van der Waals surface area contributed by atoms with Gasteiger partial charge >= 0.3 is 5.97 Å². The highest BCUT2D eigenvalue weighted by Crippen LogP contribution is 2.15. The second-order valence-corrected chi connectivity index (χ2v) is 7.92. The quantitative estimate of drug-likeness (QED) is 0.474. The highest BCUT2D eigenvalue weighted by atomic mass is 16.5. The lowest BCUT2D eigenvalue weighted by Gasteiger charge is -2.34. The van der Waals surface area contributed by atoms with Crippen LogP contribution < -0.4 is 0 Å². The van der Waals surface area contributed by atoms with Crippen molar-refractivity contribution in [2.75, 3.05) is 19.7 Å². The van der Waals surface area contributed by atoms with E-state index in [1.54, 1.807) is 6.92 Å². The smallest absolute Gasteiger partial charge is 0.323 e. The van der Waals surface area contributed by atoms with Gasteiger partial charge in [0.2, 0.25) is 5.91 Å². The molecule has 0 fully saturated rings. The lowest BCUT2D eigenvalue weighted by atomic mass is 10.1. The van der Waals surface area contributed by atoms with E-state index >= 15 is 0 Å². The molecule has 0 aliphatic carbocycles. The second-order valence-electron chi connectivity index (χ2n) is 7.92. The first-order chi connectivity index (χ1) is 14.8. The van der Waals surface area contributed by atoms with Crippen molar-refractivity contribution in [2.45, 2.75) is 66.1 Å². The predicted molar refractivity (Wildman–Crippen MR) is 122 cm³/mol. The number of esters is 1. The number of hydrogen-bond acceptors (Lipinski definition) is 5. The van der Waals surface area contributed by atoms with Gasteiger partial charge in [0.25, 0.3) is 0 Å². The van der Waals surface area contributed by atoms with Crippen LogP contribution in [-0.4, -0.2) is 53.5 Å². The van der Waals surface area contributed by atoms with Crippen LogP contribution in [0.2, 0.25) is 0 Å². The number of carbonyl (C=O) groups excluding carboxylic acids is 2. The fourth-order valence-corrected chi connectivity index (χ4v) is 3.52. The Morgan fingerprint density at radius 2 is 1.77 bits per heavy atom. The Morgan fingerprint density at radius 1 is 1.06 bits per heavy atom. The first-order valence-corrected chi connectivity index (χ1v) is 11.1. The van der Waals surface area contributed by atoms with Crippen molar-refractivity contribution in [1.29, 1.82) is 0 Å². The van der Waals surface area contributed by atoms with Gasteiger partial charge in [0.05, 0.1) is 19.7 Å². The van der Waals surface area contributed by atoms with Gasteiger partial charge in [-0.2, -0.15) is 0 Å². The Morgan fingerprint density at radius 3 is 2.35 bits per heavy atom. The van der Waals surface area contributed by atoms with Gasteiger partial charge in [-0.05, 0) is 58.2 Å². The molecule has 0 aliphatic heterocycles. The summed E-state index contributed by atoms with van der Waals surface area (Å²) in [7, 11) is 0. The average Bonchev–Trinajstić information content (AvgIpc) is 3.19. The number of rotatable bonds is 12. The lowest BCUT2D eigenvalue weighted by molar-refractivity contribution is -0.151. The minimum absolute atomic E-state index is 0.0265. The number of carbonyl (C=O) groups is 2. The van der Waals surface area contributed by atoms with Crippen LogP contribution >= 0.6 is 0 Å². The number of hydrogen-bond donors (Lipinski definition) is 0. The minimum atomic E-state index is -0.485. The molecule has 0 aliphatic rings. The zero-order valence-electron chi connectivity index (χ0n) is 19.5. The van der Waals surface area contributed by atoms with Gasteiger partial charge in [0.1, 0.15) is 17.6 Å². The maximum absolute atomic E-state index is 13.4. The van der Waals surface area contributed by atoms with Crippen molar-refractivity contribution in [3.8, 4) is 0 Å². The highest BCUT2D eigenvalue weighted by Gasteiger charge is 2.29. The SMILES string of the molecule is CCOC(=O)[C@@H](C)N(CC(=O)N(CCc1ccccc1)Cc1ccc(C)o1)[C@H](C)CC. The summed E-state index contributed by atoms with van der Waals surface area (Å²) in [5.74, 6) is 1.25. The molecule has 2 atom stereocenters. The molecule has 1 amide bonds. The van der Waals surface area contributed by atoms with Gasteiger partial charge in [-0.15, -0.1) is 0 Å². The fourth-order valence-electron chi connectivity index (χ4n) is 3.52. The molecule has 2 rings (SSSR count). The summed E-state index contributed by atoms with van der Waals surface area (Å²) in [5, 5.41) is 0. The third-order valence-corrected chi connectivity index (χ3v) is 5.61. The number of furan rings is 1. The molecule has 0 N–H and O–H groups in total. The Bertz CT molecular complexity index is 818. The van der Waals surface area contributed by atoms with Crippen molar-refractivity contribution >= 4 is 11.9 Å². The summed E-state index contributed by atoms with van der Waals surface area (Å²) < 4.78 is 10.9. The van der Waals surface area contributed by atoms with Gasteiger partial charge < -0.3 is 14.1 Å². The topological polar surface area (TPSA) is 63.0 Å². The number of ether oxygens (including phenoxy) is 1. The zero-order chi connectivity index (χ0) is 22.8. The fraction of sp³-hybridized carbons (Fsp3) is 0.520. The average molecular weight is 429 g/mol. The number of amides is 1. The zero-order valence-corrected chi connectivity index (χ0v) is 19.5. The molecular weight excluding hydrogens is 392 g/mol. The third kappa shape index (κ3) is 7.55. The first kappa shape index (κ1) is 24.7. The number of aryl methyl sites for hydroxylation is 1. The summed E-state index contributed by atoms with van der Waals surface area (Å²) >= 11 is 0. The summed E-state index contributed by atoms with van der Waals surface area (Å²) in [6, 6.07) is 13.5. The van der Waals surface area contributed by atoms with Gasteiger partial charge in [0.15, 0.2) is 0 Å². The molecule has 1 aromatic carbocycles. The van der Waals surface area contributed by atoms with E-state index in [0.717, 1.165) is 24.4 Å². The Labute approximate surface area is 186 Å². The van der Waals surface area contributed by atoms with Crippen molar-refractivity contribution < 1.29 is 18.7 Å². The number of benzene rings is 1. The Hall–Kier alpha value is -2.60. The Kier molecular flexibility index (Phi) is 9.79. The van der Waals surface area contributed by atoms with E-state index in [1.807, 2.05) is 60.9 Å². The van der Waals surface area contributed by atoms with Gasteiger partial charge in [0, 0.05) is 12.6 Å². The van der Waals surface area contributed by atoms with Crippen molar-refractivity contribution in [2.24, 2.45) is 0 Å². The van der Waals surface area contributed by atoms with E-state index in [4.69, 9.17) is 9.15 Å². The van der Waals surface area contributed by atoms with Crippen molar-refractivity contribution in [3.63, 3.8) is 0 Å². The monoisotopic (exact) mass is 428 g/mol. The molecule has 2 aromatic rings. The summed E-state index contributed by atoms with van der Waals surface area (Å²) in [5.41, 5.74) is 1.18. The highest BCUT2D eigenvalue weighted by molar-refractivity contribution is 5.80. The standard InChI is InChI=1S/C25H36N2O4/c1-6-19(3)27(21(5)25(29)30-7-2)18-24(28)26(17-23-14-13-20(4)31-23)16-15-22-11-9-8-10-12-22/h8-14,19,21H,6-7,15-18H2,1-5H3/t19-,21-/m1/s1. The first-order valence-electron chi connectivity index (χ1n) is 11.1. The van der Waals surface area contributed by atoms with Crippen LogP contribution in [0.15, 0.2) is 46.9 Å². The van der Waals surface area contributed by atoms with Crippen LogP contribution in [0.1, 0.15) is 51.2 Å². The van der Waals surface area contributed by atoms with Crippen LogP contribution in [0.25, 0.3) is 0 Å². The van der Waals surface area contributed by atoms with Crippen LogP contribution in [0.3, 0.4) is 0 Å². The molecular formula is C25H36N2O4. The Balaban J connectivity index is 2.16. The molecule has 6 heteroatoms. The van der Waals surface area contributed by atoms with Crippen LogP contribution in [0, 0.1) is 6.92 Å². The molecule has 0 radical (unpaired) electrons. The van der Waals surface area contributed by atoms with E-state index in [0.29, 0.717) is 19.7 Å². The molecule has 6 nitrogen and oxygen atoms in total. The van der Waals surface area contributed by atoms with Gasteiger partial charge in [-0.1, -0.05) is 37.3 Å². The van der Waals surface area contributed by atoms with Crippen LogP contribution in [-0.2, 0) is 27.3 Å². The summed E-state index contributed by atoms with van der Waals surface area (Å²) in [6.07, 6.45) is 1.58. The summed E-state index contributed by atoms with van der Waals surface area (Å²) in [4.78, 5) is 29.5. The van der Waals surface area contributed by atoms with E-state index in [2.05, 4.69) is 19.1 Å². The minimum Gasteiger partial charge on any atom is -0.465 e. The van der Waals surface area contributed by atoms with E-state index in [1.165, 1.54) is 5.56 Å². The maximum Gasteiger partial charge on any atom is 0.323 e. The lowest BCUT2D eigenvalue weighted by Crippen LogP contribution is -2.50. The molecule has 0 saturated heterocycles. The molecule has 31 heavy (non-hydrogen) atoms. The van der Waals surface area contributed by atoms with Crippen LogP contribution in [0.5, 0.6) is 0 Å². The second kappa shape index (κ2) is 12.3. The predicted octanol–water partition coefficient (Wildman–Crippen LogP) is 4.21. The molecule has 0 bridgehead atoms. The molecule has 0 spiro atoms. The van der Waals surface area contributed by atoms with Crippen molar-refractivity contribution in [1.82, 2.24) is 9.80 Å². The molecule has 1 aromatic heterocycles. The van der Waals surface area contributed by atoms with E-state index < -0.39 is 6.04 Å². The summed E-state index contributed by atoms with van der Waals surface area (Å²) in [6.45, 7) is 11.0. The molecule has 1 heterocycles. The van der Waals surface area contributed by atoms with Crippen LogP contribution in [0.4, 0.5) is 0 Å². The van der Waals surface area contributed by atoms with E-state index in [-0.39, 0.29) is 24.5 Å². The largest absolute Gasteiger partial charge is 0.465 e. The molecule has 0 saturated carbocycles. The maximum atomic E-state index is 13.4. The van der Waals surface area contributed by atoms with Gasteiger partial charge in [-0.25, -0.2) is 0 Å². The third-order valence-electron chi connectivity index (χ3n) is 5.61. The molecule has 170 valence electrons. The normalized spacial score (nSPS) is 13.1. The van der Waals surface area contributed by atoms with E-state index in [9.17, 15) is 9.59 Å². The number of nitrogens with zero attached hydrogens (tertiary/aromatic N) is 2.